The van der Waals surface area contributed by atoms with Crippen LogP contribution in [0.25, 0.3) is 16.6 Å². The Morgan fingerprint density at radius 1 is 0.946 bits per heavy atom. The van der Waals surface area contributed by atoms with Gasteiger partial charge in [0.25, 0.3) is 11.5 Å². The van der Waals surface area contributed by atoms with Crippen LogP contribution in [0.5, 0.6) is 11.5 Å². The maximum Gasteiger partial charge on any atom is 0.266 e. The van der Waals surface area contributed by atoms with Crippen molar-refractivity contribution < 1.29 is 19.0 Å². The van der Waals surface area contributed by atoms with E-state index in [1.807, 2.05) is 43.3 Å². The van der Waals surface area contributed by atoms with Crippen LogP contribution in [0.15, 0.2) is 77.6 Å². The molecule has 0 aliphatic carbocycles. The van der Waals surface area contributed by atoms with Gasteiger partial charge in [0.15, 0.2) is 0 Å². The summed E-state index contributed by atoms with van der Waals surface area (Å²) in [5.41, 5.74) is 1.40. The maximum atomic E-state index is 13.9. The molecule has 1 heterocycles. The third-order valence-electron chi connectivity index (χ3n) is 6.32. The highest BCUT2D eigenvalue weighted by Gasteiger charge is 2.30. The van der Waals surface area contributed by atoms with Crippen LogP contribution >= 0.6 is 0 Å². The topological polar surface area (TPSA) is 82.9 Å². The Labute approximate surface area is 216 Å². The van der Waals surface area contributed by atoms with Crippen molar-refractivity contribution in [2.24, 2.45) is 0 Å². The second kappa shape index (κ2) is 11.7. The number of carbonyl (C=O) groups excluding carboxylic acids is 1. The number of fused-ring (bicyclic) bond motifs is 1. The number of nitrogens with zero attached hydrogens (tertiary/aromatic N) is 3. The molecule has 37 heavy (non-hydrogen) atoms. The molecule has 0 fully saturated rings. The molecule has 1 unspecified atom stereocenters. The number of methoxy groups -OCH3 is 3. The number of para-hydroxylation sites is 3. The second-order valence-electron chi connectivity index (χ2n) is 8.44. The number of carbonyl (C=O) groups is 1. The van der Waals surface area contributed by atoms with E-state index in [2.05, 4.69) is 0 Å². The van der Waals surface area contributed by atoms with E-state index in [0.717, 1.165) is 0 Å². The van der Waals surface area contributed by atoms with E-state index in [9.17, 15) is 9.59 Å². The molecule has 0 saturated carbocycles. The van der Waals surface area contributed by atoms with Gasteiger partial charge in [-0.05, 0) is 55.0 Å². The fourth-order valence-corrected chi connectivity index (χ4v) is 4.45. The van der Waals surface area contributed by atoms with Crippen LogP contribution in [0.1, 0.15) is 35.6 Å². The monoisotopic (exact) mass is 501 g/mol. The van der Waals surface area contributed by atoms with E-state index < -0.39 is 6.04 Å². The second-order valence-corrected chi connectivity index (χ2v) is 8.44. The Morgan fingerprint density at radius 3 is 2.32 bits per heavy atom. The summed E-state index contributed by atoms with van der Waals surface area (Å²) in [7, 11) is 4.74. The summed E-state index contributed by atoms with van der Waals surface area (Å²) in [4.78, 5) is 34.4. The van der Waals surface area contributed by atoms with Gasteiger partial charge < -0.3 is 19.1 Å². The zero-order chi connectivity index (χ0) is 26.4. The number of rotatable bonds is 10. The molecule has 1 aromatic heterocycles. The Kier molecular flexibility index (Phi) is 8.20. The number of hydrogen-bond donors (Lipinski definition) is 0. The molecule has 8 nitrogen and oxygen atoms in total. The number of aromatic nitrogens is 2. The van der Waals surface area contributed by atoms with Crippen LogP contribution < -0.4 is 15.0 Å². The Bertz CT molecular complexity index is 1430. The van der Waals surface area contributed by atoms with Crippen LogP contribution in [-0.4, -0.2) is 54.8 Å². The van der Waals surface area contributed by atoms with Gasteiger partial charge in [0, 0.05) is 19.2 Å². The van der Waals surface area contributed by atoms with Crippen LogP contribution in [0, 0.1) is 0 Å². The van der Waals surface area contributed by atoms with Crippen LogP contribution in [0.2, 0.25) is 0 Å². The molecular formula is C29H31N3O5. The van der Waals surface area contributed by atoms with Crippen molar-refractivity contribution >= 4 is 16.8 Å². The molecule has 4 aromatic rings. The summed E-state index contributed by atoms with van der Waals surface area (Å²) in [6.07, 6.45) is 0.519. The highest BCUT2D eigenvalue weighted by atomic mass is 16.5. The fourth-order valence-electron chi connectivity index (χ4n) is 4.45. The normalized spacial score (nSPS) is 11.8. The van der Waals surface area contributed by atoms with Crippen molar-refractivity contribution in [3.8, 4) is 17.2 Å². The van der Waals surface area contributed by atoms with Crippen LogP contribution in [-0.2, 0) is 4.74 Å². The average molecular weight is 502 g/mol. The predicted molar refractivity (Wildman–Crippen MR) is 143 cm³/mol. The van der Waals surface area contributed by atoms with Crippen molar-refractivity contribution in [2.75, 3.05) is 34.5 Å². The minimum absolute atomic E-state index is 0.194. The number of amides is 1. The van der Waals surface area contributed by atoms with Crippen molar-refractivity contribution in [3.05, 3.63) is 94.5 Å². The summed E-state index contributed by atoms with van der Waals surface area (Å²) in [5.74, 6) is 1.45. The van der Waals surface area contributed by atoms with Crippen molar-refractivity contribution in [3.63, 3.8) is 0 Å². The van der Waals surface area contributed by atoms with E-state index in [4.69, 9.17) is 19.2 Å². The number of ether oxygens (including phenoxy) is 3. The van der Waals surface area contributed by atoms with Crippen molar-refractivity contribution in [2.45, 2.75) is 19.4 Å². The van der Waals surface area contributed by atoms with E-state index in [-0.39, 0.29) is 11.5 Å². The van der Waals surface area contributed by atoms with Gasteiger partial charge in [0.2, 0.25) is 0 Å². The Morgan fingerprint density at radius 2 is 1.65 bits per heavy atom. The zero-order valence-electron chi connectivity index (χ0n) is 21.5. The van der Waals surface area contributed by atoms with Crippen LogP contribution in [0.3, 0.4) is 0 Å². The smallest absolute Gasteiger partial charge is 0.266 e. The molecule has 192 valence electrons. The third-order valence-corrected chi connectivity index (χ3v) is 6.32. The molecular weight excluding hydrogens is 470 g/mol. The van der Waals surface area contributed by atoms with E-state index >= 15 is 0 Å². The van der Waals surface area contributed by atoms with E-state index in [0.29, 0.717) is 59.0 Å². The highest BCUT2D eigenvalue weighted by Crippen LogP contribution is 2.30. The minimum atomic E-state index is -0.521. The lowest BCUT2D eigenvalue weighted by atomic mass is 10.1. The summed E-state index contributed by atoms with van der Waals surface area (Å²) >= 11 is 0. The van der Waals surface area contributed by atoms with Gasteiger partial charge in [-0.1, -0.05) is 31.2 Å². The maximum absolute atomic E-state index is 13.9. The summed E-state index contributed by atoms with van der Waals surface area (Å²) in [6.45, 7) is 2.61. The average Bonchev–Trinajstić information content (AvgIpc) is 2.95. The van der Waals surface area contributed by atoms with Crippen molar-refractivity contribution in [1.29, 1.82) is 0 Å². The molecule has 3 aromatic carbocycles. The van der Waals surface area contributed by atoms with Crippen LogP contribution in [0.4, 0.5) is 0 Å². The molecule has 1 atom stereocenters. The standard InChI is InChI=1S/C29H31N3O5/c1-5-24(31(18-19-35-2)28(33)20-14-16-21(36-3)17-15-20)27-30-23-11-7-6-10-22(23)29(34)32(27)25-12-8-9-13-26(25)37-4/h6-17,24H,5,18-19H2,1-4H3. The summed E-state index contributed by atoms with van der Waals surface area (Å²) in [6, 6.07) is 21.0. The van der Waals surface area contributed by atoms with Gasteiger partial charge in [0.05, 0.1) is 43.5 Å². The molecule has 0 bridgehead atoms. The minimum Gasteiger partial charge on any atom is -0.497 e. The quantitative estimate of drug-likeness (QED) is 0.315. The van der Waals surface area contributed by atoms with Gasteiger partial charge in [0.1, 0.15) is 17.3 Å². The first kappa shape index (κ1) is 25.9. The molecule has 0 aliphatic rings. The molecule has 0 aliphatic heterocycles. The summed E-state index contributed by atoms with van der Waals surface area (Å²) < 4.78 is 17.8. The first-order valence-corrected chi connectivity index (χ1v) is 12.1. The van der Waals surface area contributed by atoms with Gasteiger partial charge in [-0.15, -0.1) is 0 Å². The van der Waals surface area contributed by atoms with Gasteiger partial charge in [-0.3, -0.25) is 14.2 Å². The first-order chi connectivity index (χ1) is 18.0. The lowest BCUT2D eigenvalue weighted by Crippen LogP contribution is -2.40. The molecule has 0 spiro atoms. The Balaban J connectivity index is 1.94. The molecule has 0 N–H and O–H groups in total. The first-order valence-electron chi connectivity index (χ1n) is 12.1. The zero-order valence-corrected chi connectivity index (χ0v) is 21.5. The van der Waals surface area contributed by atoms with E-state index in [1.54, 1.807) is 67.2 Å². The SMILES string of the molecule is CCC(c1nc2ccccc2c(=O)n1-c1ccccc1OC)N(CCOC)C(=O)c1ccc(OC)cc1. The molecule has 1 amide bonds. The molecule has 4 rings (SSSR count). The van der Waals surface area contributed by atoms with Gasteiger partial charge in [-0.25, -0.2) is 4.98 Å². The summed E-state index contributed by atoms with van der Waals surface area (Å²) in [5, 5.41) is 0.483. The third kappa shape index (κ3) is 5.20. The fraction of sp³-hybridized carbons (Fsp3) is 0.276. The van der Waals surface area contributed by atoms with E-state index in [1.165, 1.54) is 0 Å². The molecule has 0 saturated heterocycles. The van der Waals surface area contributed by atoms with Gasteiger partial charge >= 0.3 is 0 Å². The lowest BCUT2D eigenvalue weighted by molar-refractivity contribution is 0.0579. The number of hydrogen-bond acceptors (Lipinski definition) is 6. The van der Waals surface area contributed by atoms with Gasteiger partial charge in [-0.2, -0.15) is 0 Å². The Hall–Kier alpha value is -4.17. The largest absolute Gasteiger partial charge is 0.497 e. The highest BCUT2D eigenvalue weighted by molar-refractivity contribution is 5.94. The predicted octanol–water partition coefficient (Wildman–Crippen LogP) is 4.64. The number of benzene rings is 3. The molecule has 8 heteroatoms. The molecule has 0 radical (unpaired) electrons. The van der Waals surface area contributed by atoms with Crippen molar-refractivity contribution in [1.82, 2.24) is 14.5 Å². The lowest BCUT2D eigenvalue weighted by Gasteiger charge is -2.32.